The summed E-state index contributed by atoms with van der Waals surface area (Å²) in [6.45, 7) is 6.37. The fraction of sp³-hybridized carbons (Fsp3) is 0.400. The van der Waals surface area contributed by atoms with Gasteiger partial charge in [-0.05, 0) is 37.0 Å². The van der Waals surface area contributed by atoms with Crippen LogP contribution in [0.5, 0.6) is 5.75 Å². The lowest BCUT2D eigenvalue weighted by Crippen LogP contribution is -2.34. The van der Waals surface area contributed by atoms with E-state index in [1.165, 1.54) is 12.5 Å². The molecule has 0 aliphatic heterocycles. The first kappa shape index (κ1) is 20.4. The lowest BCUT2D eigenvalue weighted by atomic mass is 9.99. The van der Waals surface area contributed by atoms with Crippen molar-refractivity contribution in [2.45, 2.75) is 33.1 Å². The van der Waals surface area contributed by atoms with Gasteiger partial charge in [-0.15, -0.1) is 0 Å². The SMILES string of the molecule is CCOc1ccc(CC(CNC(=O)c2cncnc2C(C)C)C(=O)O)cc1. The van der Waals surface area contributed by atoms with Gasteiger partial charge in [0.15, 0.2) is 0 Å². The van der Waals surface area contributed by atoms with E-state index in [-0.39, 0.29) is 18.4 Å². The van der Waals surface area contributed by atoms with E-state index in [1.54, 1.807) is 0 Å². The van der Waals surface area contributed by atoms with Gasteiger partial charge in [-0.1, -0.05) is 26.0 Å². The second kappa shape index (κ2) is 9.66. The Kier molecular flexibility index (Phi) is 7.28. The number of carboxylic acids is 1. The summed E-state index contributed by atoms with van der Waals surface area (Å²) >= 11 is 0. The Morgan fingerprint density at radius 3 is 2.52 bits per heavy atom. The topological polar surface area (TPSA) is 101 Å². The van der Waals surface area contributed by atoms with Crippen LogP contribution in [-0.4, -0.2) is 40.1 Å². The summed E-state index contributed by atoms with van der Waals surface area (Å²) in [5, 5.41) is 12.2. The highest BCUT2D eigenvalue weighted by atomic mass is 16.5. The molecule has 1 amide bonds. The van der Waals surface area contributed by atoms with Crippen LogP contribution in [0.1, 0.15) is 48.3 Å². The van der Waals surface area contributed by atoms with Crippen molar-refractivity contribution in [3.8, 4) is 5.75 Å². The van der Waals surface area contributed by atoms with Crippen molar-refractivity contribution < 1.29 is 19.4 Å². The van der Waals surface area contributed by atoms with Crippen LogP contribution in [-0.2, 0) is 11.2 Å². The zero-order valence-corrected chi connectivity index (χ0v) is 15.8. The molecule has 7 heteroatoms. The molecule has 0 spiro atoms. The minimum atomic E-state index is -0.961. The minimum Gasteiger partial charge on any atom is -0.494 e. The molecule has 2 aromatic rings. The normalized spacial score (nSPS) is 11.9. The van der Waals surface area contributed by atoms with E-state index in [0.29, 0.717) is 24.3 Å². The highest BCUT2D eigenvalue weighted by molar-refractivity contribution is 5.95. The average Bonchev–Trinajstić information content (AvgIpc) is 2.66. The molecule has 27 heavy (non-hydrogen) atoms. The molecular weight excluding hydrogens is 346 g/mol. The van der Waals surface area contributed by atoms with Crippen LogP contribution in [0, 0.1) is 5.92 Å². The lowest BCUT2D eigenvalue weighted by Gasteiger charge is -2.15. The quantitative estimate of drug-likeness (QED) is 0.703. The van der Waals surface area contributed by atoms with Crippen molar-refractivity contribution in [3.05, 3.63) is 53.6 Å². The summed E-state index contributed by atoms with van der Waals surface area (Å²) in [5.41, 5.74) is 1.88. The molecule has 144 valence electrons. The van der Waals surface area contributed by atoms with Gasteiger partial charge in [0.2, 0.25) is 0 Å². The number of aliphatic carboxylic acids is 1. The van der Waals surface area contributed by atoms with Crippen molar-refractivity contribution in [3.63, 3.8) is 0 Å². The summed E-state index contributed by atoms with van der Waals surface area (Å²) in [5.74, 6) is -1.26. The minimum absolute atomic E-state index is 0.0216. The number of nitrogens with zero attached hydrogens (tertiary/aromatic N) is 2. The Morgan fingerprint density at radius 1 is 1.22 bits per heavy atom. The highest BCUT2D eigenvalue weighted by Gasteiger charge is 2.21. The number of aromatic nitrogens is 2. The zero-order chi connectivity index (χ0) is 19.8. The predicted octanol–water partition coefficient (Wildman–Crippen LogP) is 2.67. The predicted molar refractivity (Wildman–Crippen MR) is 101 cm³/mol. The third-order valence-electron chi connectivity index (χ3n) is 4.11. The van der Waals surface area contributed by atoms with Crippen LogP contribution in [0.3, 0.4) is 0 Å². The van der Waals surface area contributed by atoms with Crippen molar-refractivity contribution in [2.75, 3.05) is 13.2 Å². The molecule has 1 aromatic carbocycles. The molecule has 0 aliphatic rings. The average molecular weight is 371 g/mol. The van der Waals surface area contributed by atoms with Crippen LogP contribution < -0.4 is 10.1 Å². The summed E-state index contributed by atoms with van der Waals surface area (Å²) in [6.07, 6.45) is 3.17. The lowest BCUT2D eigenvalue weighted by molar-refractivity contribution is -0.141. The summed E-state index contributed by atoms with van der Waals surface area (Å²) in [7, 11) is 0. The highest BCUT2D eigenvalue weighted by Crippen LogP contribution is 2.17. The standard InChI is InChI=1S/C20H25N3O4/c1-4-27-16-7-5-14(6-8-16)9-15(20(25)26)10-22-19(24)17-11-21-12-23-18(17)13(2)3/h5-8,11-13,15H,4,9-10H2,1-3H3,(H,22,24)(H,25,26). The van der Waals surface area contributed by atoms with Gasteiger partial charge >= 0.3 is 5.97 Å². The number of amides is 1. The van der Waals surface area contributed by atoms with Crippen LogP contribution in [0.2, 0.25) is 0 Å². The maximum Gasteiger partial charge on any atom is 0.308 e. The van der Waals surface area contributed by atoms with Gasteiger partial charge in [-0.2, -0.15) is 0 Å². The number of nitrogens with one attached hydrogen (secondary N) is 1. The van der Waals surface area contributed by atoms with Gasteiger partial charge in [0.1, 0.15) is 12.1 Å². The molecule has 2 N–H and O–H groups in total. The molecule has 1 aromatic heterocycles. The summed E-state index contributed by atoms with van der Waals surface area (Å²) in [4.78, 5) is 32.1. The van der Waals surface area contributed by atoms with E-state index >= 15 is 0 Å². The molecule has 1 atom stereocenters. The van der Waals surface area contributed by atoms with Crippen molar-refractivity contribution in [1.29, 1.82) is 0 Å². The van der Waals surface area contributed by atoms with Crippen molar-refractivity contribution >= 4 is 11.9 Å². The largest absolute Gasteiger partial charge is 0.494 e. The smallest absolute Gasteiger partial charge is 0.308 e. The van der Waals surface area contributed by atoms with Crippen molar-refractivity contribution in [2.24, 2.45) is 5.92 Å². The maximum absolute atomic E-state index is 12.5. The molecule has 1 unspecified atom stereocenters. The van der Waals surface area contributed by atoms with E-state index < -0.39 is 11.9 Å². The molecule has 1 heterocycles. The monoisotopic (exact) mass is 371 g/mol. The van der Waals surface area contributed by atoms with Crippen LogP contribution >= 0.6 is 0 Å². The number of carbonyl (C=O) groups is 2. The van der Waals surface area contributed by atoms with Gasteiger partial charge in [-0.25, -0.2) is 9.97 Å². The van der Waals surface area contributed by atoms with Crippen LogP contribution in [0.25, 0.3) is 0 Å². The number of hydrogen-bond donors (Lipinski definition) is 2. The Bertz CT molecular complexity index is 775. The third kappa shape index (κ3) is 5.77. The Balaban J connectivity index is 2.02. The molecule has 2 rings (SSSR count). The van der Waals surface area contributed by atoms with E-state index in [1.807, 2.05) is 45.0 Å². The number of hydrogen-bond acceptors (Lipinski definition) is 5. The second-order valence-electron chi connectivity index (χ2n) is 6.50. The number of benzene rings is 1. The molecule has 0 bridgehead atoms. The van der Waals surface area contributed by atoms with E-state index in [9.17, 15) is 14.7 Å². The van der Waals surface area contributed by atoms with E-state index in [4.69, 9.17) is 4.74 Å². The Hall–Kier alpha value is -2.96. The van der Waals surface area contributed by atoms with Gasteiger partial charge < -0.3 is 15.2 Å². The number of carbonyl (C=O) groups excluding carboxylic acids is 1. The first-order valence-electron chi connectivity index (χ1n) is 8.95. The van der Waals surface area contributed by atoms with Gasteiger partial charge in [-0.3, -0.25) is 9.59 Å². The molecule has 7 nitrogen and oxygen atoms in total. The molecule has 0 aliphatic carbocycles. The zero-order valence-electron chi connectivity index (χ0n) is 15.8. The fourth-order valence-electron chi connectivity index (χ4n) is 2.70. The van der Waals surface area contributed by atoms with Crippen molar-refractivity contribution in [1.82, 2.24) is 15.3 Å². The maximum atomic E-state index is 12.5. The van der Waals surface area contributed by atoms with Gasteiger partial charge in [0.05, 0.1) is 23.8 Å². The molecule has 0 saturated heterocycles. The number of carboxylic acid groups (broad SMARTS) is 1. The Morgan fingerprint density at radius 2 is 1.93 bits per heavy atom. The summed E-state index contributed by atoms with van der Waals surface area (Å²) in [6, 6.07) is 7.30. The fourth-order valence-corrected chi connectivity index (χ4v) is 2.70. The second-order valence-corrected chi connectivity index (χ2v) is 6.50. The van der Waals surface area contributed by atoms with E-state index in [0.717, 1.165) is 11.3 Å². The number of ether oxygens (including phenoxy) is 1. The number of rotatable bonds is 9. The van der Waals surface area contributed by atoms with E-state index in [2.05, 4.69) is 15.3 Å². The Labute approximate surface area is 158 Å². The molecular formula is C20H25N3O4. The van der Waals surface area contributed by atoms with Crippen LogP contribution in [0.4, 0.5) is 0 Å². The third-order valence-corrected chi connectivity index (χ3v) is 4.11. The summed E-state index contributed by atoms with van der Waals surface area (Å²) < 4.78 is 5.39. The molecule has 0 radical (unpaired) electrons. The first-order chi connectivity index (χ1) is 12.9. The first-order valence-corrected chi connectivity index (χ1v) is 8.95. The van der Waals surface area contributed by atoms with Gasteiger partial charge in [0.25, 0.3) is 5.91 Å². The van der Waals surface area contributed by atoms with Crippen LogP contribution in [0.15, 0.2) is 36.8 Å². The molecule has 0 saturated carbocycles. The molecule has 0 fully saturated rings. The van der Waals surface area contributed by atoms with Gasteiger partial charge in [0, 0.05) is 12.7 Å².